The number of rotatable bonds is 6. The number of alkyl halides is 4. The number of fused-ring (bicyclic) bond motifs is 3. The number of anilines is 1. The lowest BCUT2D eigenvalue weighted by Gasteiger charge is -2.31. The van der Waals surface area contributed by atoms with Gasteiger partial charge < -0.3 is 14.5 Å². The lowest BCUT2D eigenvalue weighted by molar-refractivity contribution is -0.137. The minimum Gasteiger partial charge on any atom is -0.461 e. The fourth-order valence-electron chi connectivity index (χ4n) is 7.58. The number of hydrogen-bond donors (Lipinski definition) is 0. The Morgan fingerprint density at radius 3 is 2.73 bits per heavy atom. The number of carbonyl (C=O) groups is 1. The molecular formula is C33H30F6N6O2S. The number of ether oxygens (including phenoxy) is 1. The van der Waals surface area contributed by atoms with Crippen molar-refractivity contribution in [3.63, 3.8) is 0 Å². The van der Waals surface area contributed by atoms with E-state index in [0.29, 0.717) is 25.9 Å². The molecule has 3 aliphatic rings. The van der Waals surface area contributed by atoms with E-state index in [1.165, 1.54) is 12.3 Å². The molecule has 0 bridgehead atoms. The molecule has 3 saturated heterocycles. The van der Waals surface area contributed by atoms with Crippen molar-refractivity contribution >= 4 is 44.1 Å². The second-order valence-corrected chi connectivity index (χ2v) is 13.7. The predicted molar refractivity (Wildman–Crippen MR) is 168 cm³/mol. The van der Waals surface area contributed by atoms with Gasteiger partial charge in [0.05, 0.1) is 21.4 Å². The third-order valence-corrected chi connectivity index (χ3v) is 11.0. The molecule has 2 aromatic carbocycles. The second kappa shape index (κ2) is 11.8. The summed E-state index contributed by atoms with van der Waals surface area (Å²) in [5, 5.41) is 10.6. The maximum atomic E-state index is 16.9. The molecule has 0 saturated carbocycles. The van der Waals surface area contributed by atoms with Gasteiger partial charge in [-0.1, -0.05) is 6.07 Å². The number of benzene rings is 2. The third kappa shape index (κ3) is 5.29. The van der Waals surface area contributed by atoms with Crippen LogP contribution in [0.2, 0.25) is 0 Å². The van der Waals surface area contributed by atoms with E-state index in [-0.39, 0.29) is 76.5 Å². The summed E-state index contributed by atoms with van der Waals surface area (Å²) in [6.07, 6.45) is -3.87. The topological polar surface area (TPSA) is 85.6 Å². The molecule has 48 heavy (non-hydrogen) atoms. The number of thiophene rings is 1. The molecule has 0 radical (unpaired) electrons. The molecular weight excluding hydrogens is 658 g/mol. The molecule has 0 unspecified atom stereocenters. The Bertz CT molecular complexity index is 2000. The zero-order chi connectivity index (χ0) is 34.1. The fraction of sp³-hybridized carbons (Fsp3) is 0.455. The van der Waals surface area contributed by atoms with E-state index in [1.54, 1.807) is 16.8 Å². The molecule has 252 valence electrons. The first-order chi connectivity index (χ1) is 22.8. The Morgan fingerprint density at radius 2 is 2.02 bits per heavy atom. The summed E-state index contributed by atoms with van der Waals surface area (Å²) in [7, 11) is 1.61. The standard InChI is InChI=1S/C33H30F6N6O2S/c1-17(46)44-9-6-20(14-44)43(2)30-22-10-23(33(37,38)39)26(21-4-5-24(35)29-25(21)18(12-40)15-48-29)27(36)28(22)41-31(42-30)47-16-32-7-3-8-45(32)13-19(34)11-32/h4-5,10,15,19-20H,3,6-9,11,13-14,16H2,1-2H3/t19-,20-,32+/m1/s1. The number of carbonyl (C=O) groups excluding carboxylic acids is 1. The quantitative estimate of drug-likeness (QED) is 0.209. The van der Waals surface area contributed by atoms with Crippen molar-refractivity contribution < 1.29 is 35.9 Å². The Balaban J connectivity index is 1.43. The fourth-order valence-corrected chi connectivity index (χ4v) is 8.51. The highest BCUT2D eigenvalue weighted by atomic mass is 32.1. The number of likely N-dealkylation sites (N-methyl/N-ethyl adjacent to an activating group) is 1. The SMILES string of the molecule is CC(=O)N1CC[C@@H](N(C)c2nc(OC[C@@]34CCCN3C[C@H](F)C4)nc3c(F)c(-c4ccc(F)c5scc(C#N)c45)c(C(F)(F)F)cc23)C1. The summed E-state index contributed by atoms with van der Waals surface area (Å²) in [4.78, 5) is 26.1. The summed E-state index contributed by atoms with van der Waals surface area (Å²) >= 11 is 0.835. The van der Waals surface area contributed by atoms with Crippen molar-refractivity contribution in [3.05, 3.63) is 46.3 Å². The van der Waals surface area contributed by atoms with Crippen molar-refractivity contribution in [2.75, 3.05) is 44.7 Å². The van der Waals surface area contributed by atoms with Crippen molar-refractivity contribution in [2.45, 2.75) is 56.5 Å². The van der Waals surface area contributed by atoms with Crippen LogP contribution in [0.1, 0.15) is 43.7 Å². The molecule has 0 aliphatic carbocycles. The van der Waals surface area contributed by atoms with Gasteiger partial charge in [0, 0.05) is 67.8 Å². The molecule has 3 fully saturated rings. The van der Waals surface area contributed by atoms with Gasteiger partial charge in [-0.2, -0.15) is 28.4 Å². The molecule has 8 nitrogen and oxygen atoms in total. The summed E-state index contributed by atoms with van der Waals surface area (Å²) in [6, 6.07) is 3.97. The average molecular weight is 689 g/mol. The number of hydrogen-bond acceptors (Lipinski definition) is 8. The second-order valence-electron chi connectivity index (χ2n) is 12.8. The van der Waals surface area contributed by atoms with E-state index >= 15 is 4.39 Å². The average Bonchev–Trinajstić information content (AvgIpc) is 3.83. The third-order valence-electron chi connectivity index (χ3n) is 9.98. The first-order valence-corrected chi connectivity index (χ1v) is 16.4. The summed E-state index contributed by atoms with van der Waals surface area (Å²) in [5.74, 6) is -2.28. The van der Waals surface area contributed by atoms with Gasteiger partial charge in [0.25, 0.3) is 0 Å². The van der Waals surface area contributed by atoms with Crippen molar-refractivity contribution in [3.8, 4) is 23.2 Å². The van der Waals surface area contributed by atoms with Crippen LogP contribution in [0.4, 0.5) is 32.2 Å². The van der Waals surface area contributed by atoms with E-state index in [0.717, 1.165) is 36.0 Å². The maximum absolute atomic E-state index is 16.9. The van der Waals surface area contributed by atoms with Crippen LogP contribution in [0.5, 0.6) is 6.01 Å². The first kappa shape index (κ1) is 32.4. The zero-order valence-corrected chi connectivity index (χ0v) is 26.8. The van der Waals surface area contributed by atoms with Gasteiger partial charge in [0.15, 0.2) is 5.82 Å². The van der Waals surface area contributed by atoms with Crippen LogP contribution in [0.3, 0.4) is 0 Å². The lowest BCUT2D eigenvalue weighted by Crippen LogP contribution is -2.43. The van der Waals surface area contributed by atoms with Gasteiger partial charge in [-0.05, 0) is 43.5 Å². The minimum absolute atomic E-state index is 0.00223. The van der Waals surface area contributed by atoms with E-state index in [1.807, 2.05) is 11.0 Å². The molecule has 3 aliphatic heterocycles. The zero-order valence-electron chi connectivity index (χ0n) is 26.0. The van der Waals surface area contributed by atoms with Crippen molar-refractivity contribution in [1.29, 1.82) is 5.26 Å². The van der Waals surface area contributed by atoms with Gasteiger partial charge in [-0.15, -0.1) is 11.3 Å². The van der Waals surface area contributed by atoms with E-state index < -0.39 is 46.2 Å². The molecule has 5 heterocycles. The highest BCUT2D eigenvalue weighted by Gasteiger charge is 2.49. The molecule has 1 amide bonds. The largest absolute Gasteiger partial charge is 0.461 e. The molecule has 0 spiro atoms. The normalized spacial score (nSPS) is 22.9. The number of nitrogens with zero attached hydrogens (tertiary/aromatic N) is 6. The van der Waals surface area contributed by atoms with Crippen LogP contribution in [0.25, 0.3) is 32.1 Å². The Labute approximate surface area is 275 Å². The molecule has 7 rings (SSSR count). The number of nitriles is 1. The van der Waals surface area contributed by atoms with Crippen LogP contribution in [0, 0.1) is 23.0 Å². The molecule has 3 atom stereocenters. The van der Waals surface area contributed by atoms with Gasteiger partial charge in [0.1, 0.15) is 36.0 Å². The summed E-state index contributed by atoms with van der Waals surface area (Å²) in [6.45, 7) is 3.09. The Morgan fingerprint density at radius 1 is 1.23 bits per heavy atom. The Hall–Kier alpha value is -4.16. The number of likely N-dealkylation sites (tertiary alicyclic amines) is 1. The van der Waals surface area contributed by atoms with Crippen LogP contribution in [0.15, 0.2) is 23.6 Å². The highest BCUT2D eigenvalue weighted by molar-refractivity contribution is 7.17. The van der Waals surface area contributed by atoms with Crippen molar-refractivity contribution in [1.82, 2.24) is 19.8 Å². The summed E-state index contributed by atoms with van der Waals surface area (Å²) in [5.41, 5.74) is -3.70. The molecule has 15 heteroatoms. The minimum atomic E-state index is -5.08. The predicted octanol–water partition coefficient (Wildman–Crippen LogP) is 6.69. The number of halogens is 6. The number of aromatic nitrogens is 2. The van der Waals surface area contributed by atoms with E-state index in [4.69, 9.17) is 4.74 Å². The lowest BCUT2D eigenvalue weighted by atomic mass is 9.92. The smallest absolute Gasteiger partial charge is 0.417 e. The monoisotopic (exact) mass is 688 g/mol. The van der Waals surface area contributed by atoms with Crippen molar-refractivity contribution in [2.24, 2.45) is 0 Å². The first-order valence-electron chi connectivity index (χ1n) is 15.5. The van der Waals surface area contributed by atoms with Gasteiger partial charge in [-0.3, -0.25) is 9.69 Å². The van der Waals surface area contributed by atoms with Crippen LogP contribution in [-0.4, -0.2) is 83.3 Å². The summed E-state index contributed by atoms with van der Waals surface area (Å²) < 4.78 is 96.8. The van der Waals surface area contributed by atoms with E-state index in [9.17, 15) is 32.0 Å². The molecule has 4 aromatic rings. The Kier molecular flexibility index (Phi) is 7.94. The van der Waals surface area contributed by atoms with Gasteiger partial charge >= 0.3 is 12.2 Å². The van der Waals surface area contributed by atoms with E-state index in [2.05, 4.69) is 9.97 Å². The van der Waals surface area contributed by atoms with Gasteiger partial charge in [-0.25, -0.2) is 13.2 Å². The van der Waals surface area contributed by atoms with Crippen LogP contribution >= 0.6 is 11.3 Å². The van der Waals surface area contributed by atoms with Gasteiger partial charge in [0.2, 0.25) is 5.91 Å². The highest BCUT2D eigenvalue weighted by Crippen LogP contribution is 2.47. The van der Waals surface area contributed by atoms with Crippen LogP contribution < -0.4 is 9.64 Å². The molecule has 2 aromatic heterocycles. The molecule has 0 N–H and O–H groups in total. The van der Waals surface area contributed by atoms with Crippen LogP contribution in [-0.2, 0) is 11.0 Å². The number of amides is 1. The maximum Gasteiger partial charge on any atom is 0.417 e.